The molecule has 114 valence electrons. The number of aromatic nitrogens is 2. The number of hydrogen-bond acceptors (Lipinski definition) is 4. The highest BCUT2D eigenvalue weighted by molar-refractivity contribution is 5.94. The third-order valence-electron chi connectivity index (χ3n) is 3.94. The van der Waals surface area contributed by atoms with Crippen LogP contribution >= 0.6 is 0 Å². The average Bonchev–Trinajstić information content (AvgIpc) is 2.55. The zero-order chi connectivity index (χ0) is 15.5. The van der Waals surface area contributed by atoms with Crippen molar-refractivity contribution in [1.29, 1.82) is 0 Å². The number of rotatable bonds is 2. The molecule has 0 bridgehead atoms. The first-order valence-electron chi connectivity index (χ1n) is 7.29. The Morgan fingerprint density at radius 2 is 2.00 bits per heavy atom. The van der Waals surface area contributed by atoms with Crippen molar-refractivity contribution in [2.75, 3.05) is 31.1 Å². The van der Waals surface area contributed by atoms with Crippen molar-refractivity contribution in [1.82, 2.24) is 14.9 Å². The van der Waals surface area contributed by atoms with Gasteiger partial charge in [0.2, 0.25) is 5.56 Å². The zero-order valence-corrected chi connectivity index (χ0v) is 12.5. The van der Waals surface area contributed by atoms with Crippen LogP contribution in [-0.2, 0) is 0 Å². The molecule has 0 aliphatic carbocycles. The average molecular weight is 298 g/mol. The minimum Gasteiger partial charge on any atom is -0.367 e. The van der Waals surface area contributed by atoms with Gasteiger partial charge in [-0.2, -0.15) is 0 Å². The van der Waals surface area contributed by atoms with Gasteiger partial charge in [-0.3, -0.25) is 14.6 Å². The second kappa shape index (κ2) is 6.01. The molecule has 0 aromatic carbocycles. The van der Waals surface area contributed by atoms with Crippen molar-refractivity contribution < 1.29 is 4.79 Å². The second-order valence-electron chi connectivity index (χ2n) is 5.38. The summed E-state index contributed by atoms with van der Waals surface area (Å²) in [5.74, 6) is -0.0892. The molecule has 3 rings (SSSR count). The molecule has 0 spiro atoms. The van der Waals surface area contributed by atoms with Crippen molar-refractivity contribution >= 4 is 11.6 Å². The van der Waals surface area contributed by atoms with Gasteiger partial charge in [-0.15, -0.1) is 0 Å². The van der Waals surface area contributed by atoms with Gasteiger partial charge in [-0.1, -0.05) is 0 Å². The van der Waals surface area contributed by atoms with E-state index in [2.05, 4.69) is 21.8 Å². The third-order valence-corrected chi connectivity index (χ3v) is 3.94. The molecule has 1 aliphatic heterocycles. The highest BCUT2D eigenvalue weighted by Gasteiger charge is 2.23. The number of H-pyrrole nitrogens is 1. The Bertz CT molecular complexity index is 733. The Morgan fingerprint density at radius 1 is 1.23 bits per heavy atom. The summed E-state index contributed by atoms with van der Waals surface area (Å²) in [5.41, 5.74) is 2.49. The number of carbonyl (C=O) groups is 1. The highest BCUT2D eigenvalue weighted by atomic mass is 16.2. The lowest BCUT2D eigenvalue weighted by Crippen LogP contribution is -2.49. The van der Waals surface area contributed by atoms with Gasteiger partial charge in [-0.05, 0) is 24.6 Å². The van der Waals surface area contributed by atoms with Gasteiger partial charge in [0.25, 0.3) is 5.91 Å². The predicted octanol–water partition coefficient (Wildman–Crippen LogP) is 1.04. The van der Waals surface area contributed by atoms with E-state index in [9.17, 15) is 9.59 Å². The number of nitrogens with zero attached hydrogens (tertiary/aromatic N) is 3. The van der Waals surface area contributed by atoms with Crippen molar-refractivity contribution in [2.45, 2.75) is 6.92 Å². The maximum absolute atomic E-state index is 12.4. The molecule has 0 saturated carbocycles. The van der Waals surface area contributed by atoms with Gasteiger partial charge in [-0.25, -0.2) is 0 Å². The van der Waals surface area contributed by atoms with E-state index in [0.29, 0.717) is 18.7 Å². The first-order valence-corrected chi connectivity index (χ1v) is 7.29. The van der Waals surface area contributed by atoms with Crippen LogP contribution in [0.2, 0.25) is 0 Å². The molecule has 22 heavy (non-hydrogen) atoms. The van der Waals surface area contributed by atoms with Crippen LogP contribution in [0.5, 0.6) is 0 Å². The number of piperazine rings is 1. The molecule has 0 radical (unpaired) electrons. The second-order valence-corrected chi connectivity index (χ2v) is 5.38. The zero-order valence-electron chi connectivity index (χ0n) is 12.5. The molecule has 6 nitrogen and oxygen atoms in total. The molecular weight excluding hydrogens is 280 g/mol. The molecule has 6 heteroatoms. The number of carbonyl (C=O) groups excluding carboxylic acids is 1. The fourth-order valence-electron chi connectivity index (χ4n) is 2.70. The van der Waals surface area contributed by atoms with Gasteiger partial charge in [0, 0.05) is 50.2 Å². The maximum Gasteiger partial charge on any atom is 0.254 e. The van der Waals surface area contributed by atoms with E-state index < -0.39 is 0 Å². The quantitative estimate of drug-likeness (QED) is 0.899. The SMILES string of the molecule is Cc1ccncc1N1CCN(C(=O)c2cc[nH]c(=O)c2)CC1. The van der Waals surface area contributed by atoms with Crippen molar-refractivity contribution in [3.8, 4) is 0 Å². The van der Waals surface area contributed by atoms with Gasteiger partial charge in [0.15, 0.2) is 0 Å². The number of pyridine rings is 2. The topological polar surface area (TPSA) is 69.3 Å². The molecule has 1 fully saturated rings. The van der Waals surface area contributed by atoms with Crippen LogP contribution in [0.1, 0.15) is 15.9 Å². The van der Waals surface area contributed by atoms with Crippen LogP contribution in [0.15, 0.2) is 41.6 Å². The predicted molar refractivity (Wildman–Crippen MR) is 84.2 cm³/mol. The summed E-state index contributed by atoms with van der Waals surface area (Å²) in [4.78, 5) is 34.4. The standard InChI is InChI=1S/C16H18N4O2/c1-12-2-4-17-11-14(12)19-6-8-20(9-7-19)16(22)13-3-5-18-15(21)10-13/h2-5,10-11H,6-9H2,1H3,(H,18,21). The lowest BCUT2D eigenvalue weighted by molar-refractivity contribution is 0.0746. The number of amides is 1. The number of nitrogens with one attached hydrogen (secondary N) is 1. The van der Waals surface area contributed by atoms with Crippen LogP contribution in [0.4, 0.5) is 5.69 Å². The Morgan fingerprint density at radius 3 is 2.68 bits per heavy atom. The molecule has 1 saturated heterocycles. The number of anilines is 1. The van der Waals surface area contributed by atoms with Gasteiger partial charge in [0.05, 0.1) is 11.9 Å². The summed E-state index contributed by atoms with van der Waals surface area (Å²) in [7, 11) is 0. The van der Waals surface area contributed by atoms with E-state index in [1.54, 1.807) is 17.2 Å². The summed E-state index contributed by atoms with van der Waals surface area (Å²) in [6.07, 6.45) is 5.15. The molecular formula is C16H18N4O2. The van der Waals surface area contributed by atoms with Crippen molar-refractivity contribution in [2.24, 2.45) is 0 Å². The molecule has 0 unspecified atom stereocenters. The molecule has 2 aromatic heterocycles. The van der Waals surface area contributed by atoms with E-state index in [0.717, 1.165) is 18.8 Å². The van der Waals surface area contributed by atoms with Crippen molar-refractivity contribution in [3.05, 3.63) is 58.3 Å². The number of aryl methyl sites for hydroxylation is 1. The van der Waals surface area contributed by atoms with Gasteiger partial charge >= 0.3 is 0 Å². The first-order chi connectivity index (χ1) is 10.6. The van der Waals surface area contributed by atoms with Crippen LogP contribution in [-0.4, -0.2) is 47.0 Å². The van der Waals surface area contributed by atoms with Gasteiger partial charge in [0.1, 0.15) is 0 Å². The highest BCUT2D eigenvalue weighted by Crippen LogP contribution is 2.20. The number of aromatic amines is 1. The molecule has 0 atom stereocenters. The van der Waals surface area contributed by atoms with Crippen LogP contribution in [0.25, 0.3) is 0 Å². The summed E-state index contributed by atoms with van der Waals surface area (Å²) < 4.78 is 0. The van der Waals surface area contributed by atoms with E-state index in [1.807, 2.05) is 12.3 Å². The van der Waals surface area contributed by atoms with Crippen LogP contribution in [0.3, 0.4) is 0 Å². The smallest absolute Gasteiger partial charge is 0.254 e. The fourth-order valence-corrected chi connectivity index (χ4v) is 2.70. The Labute approximate surface area is 128 Å². The molecule has 3 heterocycles. The first kappa shape index (κ1) is 14.3. The van der Waals surface area contributed by atoms with Crippen LogP contribution < -0.4 is 10.5 Å². The minimum absolute atomic E-state index is 0.0892. The van der Waals surface area contributed by atoms with E-state index >= 15 is 0 Å². The summed E-state index contributed by atoms with van der Waals surface area (Å²) >= 11 is 0. The Balaban J connectivity index is 1.68. The van der Waals surface area contributed by atoms with Crippen LogP contribution in [0, 0.1) is 6.92 Å². The molecule has 1 N–H and O–H groups in total. The van der Waals surface area contributed by atoms with Crippen molar-refractivity contribution in [3.63, 3.8) is 0 Å². The monoisotopic (exact) mass is 298 g/mol. The summed E-state index contributed by atoms with van der Waals surface area (Å²) in [6, 6.07) is 4.98. The lowest BCUT2D eigenvalue weighted by Gasteiger charge is -2.36. The minimum atomic E-state index is -0.254. The molecule has 2 aromatic rings. The molecule has 1 aliphatic rings. The summed E-state index contributed by atoms with van der Waals surface area (Å²) in [5, 5.41) is 0. The van der Waals surface area contributed by atoms with Gasteiger partial charge < -0.3 is 14.8 Å². The maximum atomic E-state index is 12.4. The Hall–Kier alpha value is -2.63. The molecule has 1 amide bonds. The van der Waals surface area contributed by atoms with E-state index in [4.69, 9.17) is 0 Å². The normalized spacial score (nSPS) is 15.0. The number of hydrogen-bond donors (Lipinski definition) is 1. The Kier molecular flexibility index (Phi) is 3.91. The van der Waals surface area contributed by atoms with E-state index in [-0.39, 0.29) is 11.5 Å². The fraction of sp³-hybridized carbons (Fsp3) is 0.312. The third kappa shape index (κ3) is 2.86. The largest absolute Gasteiger partial charge is 0.367 e. The lowest BCUT2D eigenvalue weighted by atomic mass is 10.2. The summed E-state index contributed by atoms with van der Waals surface area (Å²) in [6.45, 7) is 4.87. The van der Waals surface area contributed by atoms with E-state index in [1.165, 1.54) is 17.8 Å².